The number of hydrogen-bond acceptors (Lipinski definition) is 3. The predicted molar refractivity (Wildman–Crippen MR) is 120 cm³/mol. The van der Waals surface area contributed by atoms with Gasteiger partial charge < -0.3 is 16.0 Å². The molecule has 0 atom stereocenters. The van der Waals surface area contributed by atoms with Crippen LogP contribution in [0.3, 0.4) is 0 Å². The fraction of sp³-hybridized carbons (Fsp3) is 0.417. The molecular weight excluding hydrogens is 414 g/mol. The first-order valence-electron chi connectivity index (χ1n) is 10.8. The molecule has 0 bridgehead atoms. The Labute approximate surface area is 187 Å². The number of nitrogens with zero attached hydrogens (tertiary/aromatic N) is 1. The van der Waals surface area contributed by atoms with Gasteiger partial charge in [0.2, 0.25) is 5.91 Å². The van der Waals surface area contributed by atoms with Crippen LogP contribution in [-0.2, 0) is 11.3 Å². The summed E-state index contributed by atoms with van der Waals surface area (Å²) in [5.74, 6) is -1.97. The van der Waals surface area contributed by atoms with Gasteiger partial charge in [0.1, 0.15) is 0 Å². The van der Waals surface area contributed by atoms with Gasteiger partial charge in [-0.2, -0.15) is 0 Å². The Hall–Kier alpha value is -3.00. The van der Waals surface area contributed by atoms with Crippen LogP contribution in [0.4, 0.5) is 19.3 Å². The molecular formula is C24H30F2N4O2. The van der Waals surface area contributed by atoms with Gasteiger partial charge in [-0.3, -0.25) is 9.69 Å². The van der Waals surface area contributed by atoms with Crippen LogP contribution in [0, 0.1) is 32.4 Å². The Morgan fingerprint density at radius 1 is 1.00 bits per heavy atom. The van der Waals surface area contributed by atoms with E-state index in [-0.39, 0.29) is 24.5 Å². The molecule has 1 fully saturated rings. The second-order valence-corrected chi connectivity index (χ2v) is 8.45. The van der Waals surface area contributed by atoms with Crippen molar-refractivity contribution in [1.29, 1.82) is 0 Å². The molecule has 0 aromatic heterocycles. The number of piperidine rings is 1. The first-order valence-corrected chi connectivity index (χ1v) is 10.8. The number of anilines is 1. The third-order valence-electron chi connectivity index (χ3n) is 5.66. The SMILES string of the molecule is Cc1cc(C)c(NC(=O)CNC(=O)NC2CCN(Cc3ccc(F)c(F)c3)CC2)c(C)c1. The lowest BCUT2D eigenvalue weighted by molar-refractivity contribution is -0.115. The van der Waals surface area contributed by atoms with Gasteiger partial charge in [0.25, 0.3) is 0 Å². The van der Waals surface area contributed by atoms with Crippen molar-refractivity contribution >= 4 is 17.6 Å². The highest BCUT2D eigenvalue weighted by molar-refractivity contribution is 5.95. The van der Waals surface area contributed by atoms with Crippen LogP contribution in [0.2, 0.25) is 0 Å². The zero-order chi connectivity index (χ0) is 23.3. The molecule has 3 N–H and O–H groups in total. The monoisotopic (exact) mass is 444 g/mol. The molecule has 1 aliphatic heterocycles. The number of nitrogens with one attached hydrogen (secondary N) is 3. The summed E-state index contributed by atoms with van der Waals surface area (Å²) in [5, 5.41) is 8.38. The Morgan fingerprint density at radius 3 is 2.28 bits per heavy atom. The molecule has 2 aromatic carbocycles. The molecule has 2 aromatic rings. The maximum absolute atomic E-state index is 13.4. The molecule has 0 spiro atoms. The van der Waals surface area contributed by atoms with E-state index in [0.717, 1.165) is 59.9 Å². The number of urea groups is 1. The van der Waals surface area contributed by atoms with Gasteiger partial charge in [-0.05, 0) is 62.4 Å². The normalized spacial score (nSPS) is 14.8. The van der Waals surface area contributed by atoms with Gasteiger partial charge >= 0.3 is 6.03 Å². The first kappa shape index (κ1) is 23.7. The largest absolute Gasteiger partial charge is 0.335 e. The number of benzene rings is 2. The number of hydrogen-bond donors (Lipinski definition) is 3. The van der Waals surface area contributed by atoms with E-state index in [1.807, 2.05) is 32.9 Å². The minimum Gasteiger partial charge on any atom is -0.335 e. The Kier molecular flexibility index (Phi) is 7.80. The minimum absolute atomic E-state index is 0.000789. The molecule has 1 heterocycles. The van der Waals surface area contributed by atoms with Gasteiger partial charge in [0, 0.05) is 31.4 Å². The number of carbonyl (C=O) groups is 2. The van der Waals surface area contributed by atoms with Crippen LogP contribution in [0.1, 0.15) is 35.1 Å². The third kappa shape index (κ3) is 6.50. The minimum atomic E-state index is -0.847. The van der Waals surface area contributed by atoms with E-state index < -0.39 is 11.6 Å². The fourth-order valence-electron chi connectivity index (χ4n) is 4.09. The Bertz CT molecular complexity index is 965. The van der Waals surface area contributed by atoms with Crippen molar-refractivity contribution in [2.75, 3.05) is 25.0 Å². The summed E-state index contributed by atoms with van der Waals surface area (Å²) in [5.41, 5.74) is 4.59. The van der Waals surface area contributed by atoms with Crippen LogP contribution in [0.25, 0.3) is 0 Å². The summed E-state index contributed by atoms with van der Waals surface area (Å²) in [6.07, 6.45) is 1.48. The summed E-state index contributed by atoms with van der Waals surface area (Å²) in [4.78, 5) is 26.6. The molecule has 0 unspecified atom stereocenters. The number of carbonyl (C=O) groups excluding carboxylic acids is 2. The van der Waals surface area contributed by atoms with Crippen LogP contribution in [0.15, 0.2) is 30.3 Å². The molecule has 0 radical (unpaired) electrons. The third-order valence-corrected chi connectivity index (χ3v) is 5.66. The molecule has 0 aliphatic carbocycles. The van der Waals surface area contributed by atoms with Crippen molar-refractivity contribution in [1.82, 2.24) is 15.5 Å². The lowest BCUT2D eigenvalue weighted by Crippen LogP contribution is -2.48. The summed E-state index contributed by atoms with van der Waals surface area (Å²) in [6, 6.07) is 7.57. The molecule has 0 saturated carbocycles. The average molecular weight is 445 g/mol. The van der Waals surface area contributed by atoms with Crippen molar-refractivity contribution in [3.8, 4) is 0 Å². The van der Waals surface area contributed by atoms with Crippen molar-refractivity contribution in [2.24, 2.45) is 0 Å². The average Bonchev–Trinajstić information content (AvgIpc) is 2.73. The van der Waals surface area contributed by atoms with E-state index in [1.165, 1.54) is 6.07 Å². The van der Waals surface area contributed by atoms with Gasteiger partial charge in [-0.1, -0.05) is 23.8 Å². The van der Waals surface area contributed by atoms with Crippen LogP contribution < -0.4 is 16.0 Å². The molecule has 8 heteroatoms. The summed E-state index contributed by atoms with van der Waals surface area (Å²) >= 11 is 0. The quantitative estimate of drug-likeness (QED) is 0.635. The predicted octanol–water partition coefficient (Wildman–Crippen LogP) is 3.79. The molecule has 1 saturated heterocycles. The Morgan fingerprint density at radius 2 is 1.66 bits per heavy atom. The van der Waals surface area contributed by atoms with E-state index in [4.69, 9.17) is 0 Å². The van der Waals surface area contributed by atoms with E-state index in [1.54, 1.807) is 6.07 Å². The highest BCUT2D eigenvalue weighted by Crippen LogP contribution is 2.21. The first-order chi connectivity index (χ1) is 15.2. The van der Waals surface area contributed by atoms with Gasteiger partial charge in [0.05, 0.1) is 6.54 Å². The number of halogens is 2. The molecule has 3 rings (SSSR count). The van der Waals surface area contributed by atoms with E-state index in [0.29, 0.717) is 6.54 Å². The maximum atomic E-state index is 13.4. The summed E-state index contributed by atoms with van der Waals surface area (Å²) in [7, 11) is 0. The number of likely N-dealkylation sites (tertiary alicyclic amines) is 1. The second-order valence-electron chi connectivity index (χ2n) is 8.45. The molecule has 3 amide bonds. The van der Waals surface area contributed by atoms with Crippen LogP contribution in [0.5, 0.6) is 0 Å². The smallest absolute Gasteiger partial charge is 0.315 e. The van der Waals surface area contributed by atoms with Gasteiger partial charge in [0.15, 0.2) is 11.6 Å². The van der Waals surface area contributed by atoms with E-state index in [2.05, 4.69) is 20.9 Å². The lowest BCUT2D eigenvalue weighted by atomic mass is 10.0. The maximum Gasteiger partial charge on any atom is 0.315 e. The second kappa shape index (κ2) is 10.5. The molecule has 32 heavy (non-hydrogen) atoms. The standard InChI is InChI=1S/C24H30F2N4O2/c1-15-10-16(2)23(17(3)11-15)29-22(31)13-27-24(32)28-19-6-8-30(9-7-19)14-18-4-5-20(25)21(26)12-18/h4-5,10-12,19H,6-9,13-14H2,1-3H3,(H,29,31)(H2,27,28,32). The fourth-order valence-corrected chi connectivity index (χ4v) is 4.09. The Balaban J connectivity index is 1.38. The lowest BCUT2D eigenvalue weighted by Gasteiger charge is -2.32. The zero-order valence-corrected chi connectivity index (χ0v) is 18.7. The van der Waals surface area contributed by atoms with Crippen molar-refractivity contribution in [3.63, 3.8) is 0 Å². The molecule has 1 aliphatic rings. The van der Waals surface area contributed by atoms with Crippen molar-refractivity contribution in [2.45, 2.75) is 46.2 Å². The van der Waals surface area contributed by atoms with Crippen molar-refractivity contribution < 1.29 is 18.4 Å². The zero-order valence-electron chi connectivity index (χ0n) is 18.7. The summed E-state index contributed by atoms with van der Waals surface area (Å²) < 4.78 is 26.4. The number of rotatable bonds is 6. The van der Waals surface area contributed by atoms with Crippen LogP contribution in [-0.4, -0.2) is 42.5 Å². The van der Waals surface area contributed by atoms with Crippen molar-refractivity contribution in [3.05, 3.63) is 64.2 Å². The van der Waals surface area contributed by atoms with Crippen LogP contribution >= 0.6 is 0 Å². The van der Waals surface area contributed by atoms with Gasteiger partial charge in [-0.15, -0.1) is 0 Å². The van der Waals surface area contributed by atoms with E-state index >= 15 is 0 Å². The topological polar surface area (TPSA) is 73.5 Å². The number of amides is 3. The number of aryl methyl sites for hydroxylation is 3. The summed E-state index contributed by atoms with van der Waals surface area (Å²) in [6.45, 7) is 7.77. The highest BCUT2D eigenvalue weighted by atomic mass is 19.2. The highest BCUT2D eigenvalue weighted by Gasteiger charge is 2.21. The van der Waals surface area contributed by atoms with E-state index in [9.17, 15) is 18.4 Å². The molecule has 172 valence electrons. The molecule has 6 nitrogen and oxygen atoms in total. The van der Waals surface area contributed by atoms with Gasteiger partial charge in [-0.25, -0.2) is 13.6 Å².